The molecule has 0 spiro atoms. The van der Waals surface area contributed by atoms with Crippen LogP contribution in [-0.2, 0) is 16.1 Å². The molecule has 1 atom stereocenters. The lowest BCUT2D eigenvalue weighted by Gasteiger charge is -2.29. The van der Waals surface area contributed by atoms with E-state index in [1.807, 2.05) is 0 Å². The molecular weight excluding hydrogens is 301 g/mol. The molecule has 1 aromatic rings. The smallest absolute Gasteiger partial charge is 0.258 e. The Bertz CT molecular complexity index is 733. The Morgan fingerprint density at radius 2 is 1.77 bits per heavy atom. The molecule has 5 nitrogen and oxygen atoms in total. The number of piperidine rings is 1. The molecule has 116 valence electrons. The number of amides is 3. The molecule has 0 aliphatic carbocycles. The number of hydrogen-bond acceptors (Lipinski definition) is 3. The van der Waals surface area contributed by atoms with Crippen molar-refractivity contribution in [2.24, 2.45) is 0 Å². The Morgan fingerprint density at radius 1 is 1.09 bits per heavy atom. The minimum absolute atomic E-state index is 0.0227. The van der Waals surface area contributed by atoms with E-state index >= 15 is 0 Å². The second-order valence-corrected chi connectivity index (χ2v) is 5.32. The highest BCUT2D eigenvalue weighted by molar-refractivity contribution is 6.05. The van der Waals surface area contributed by atoms with Gasteiger partial charge in [0.1, 0.15) is 11.9 Å². The summed E-state index contributed by atoms with van der Waals surface area (Å²) in [4.78, 5) is 36.2. The fourth-order valence-corrected chi connectivity index (χ4v) is 2.81. The average Bonchev–Trinajstić information content (AvgIpc) is 2.81. The summed E-state index contributed by atoms with van der Waals surface area (Å²) in [5.74, 6) is -5.77. The third-order valence-electron chi connectivity index (χ3n) is 4.03. The molecule has 2 aliphatic rings. The zero-order chi connectivity index (χ0) is 16.2. The molecule has 22 heavy (non-hydrogen) atoms. The molecule has 2 aliphatic heterocycles. The molecule has 3 amide bonds. The Balaban J connectivity index is 2.02. The van der Waals surface area contributed by atoms with Crippen LogP contribution < -0.4 is 5.32 Å². The van der Waals surface area contributed by atoms with Crippen LogP contribution in [0, 0.1) is 24.4 Å². The maximum atomic E-state index is 14.1. The zero-order valence-corrected chi connectivity index (χ0v) is 11.5. The summed E-state index contributed by atoms with van der Waals surface area (Å²) < 4.78 is 41.6. The Morgan fingerprint density at radius 3 is 2.41 bits per heavy atom. The summed E-state index contributed by atoms with van der Waals surface area (Å²) in [6.45, 7) is 0.635. The summed E-state index contributed by atoms with van der Waals surface area (Å²) in [5.41, 5.74) is -1.51. The van der Waals surface area contributed by atoms with E-state index in [2.05, 4.69) is 5.32 Å². The first-order valence-electron chi connectivity index (χ1n) is 6.63. The molecule has 1 fully saturated rings. The molecule has 0 bridgehead atoms. The van der Waals surface area contributed by atoms with Gasteiger partial charge < -0.3 is 4.90 Å². The number of halogens is 3. The van der Waals surface area contributed by atoms with Crippen LogP contribution in [0.2, 0.25) is 0 Å². The summed E-state index contributed by atoms with van der Waals surface area (Å²) >= 11 is 0. The number of rotatable bonds is 1. The number of imide groups is 1. The first-order chi connectivity index (χ1) is 10.3. The second-order valence-electron chi connectivity index (χ2n) is 5.32. The molecule has 8 heteroatoms. The van der Waals surface area contributed by atoms with Crippen molar-refractivity contribution in [1.82, 2.24) is 10.2 Å². The van der Waals surface area contributed by atoms with E-state index in [-0.39, 0.29) is 12.8 Å². The number of nitrogens with zero attached hydrogens (tertiary/aromatic N) is 1. The van der Waals surface area contributed by atoms with Crippen LogP contribution >= 0.6 is 0 Å². The minimum Gasteiger partial charge on any atom is -0.322 e. The first kappa shape index (κ1) is 14.6. The number of nitrogens with one attached hydrogen (secondary N) is 1. The number of carbonyl (C=O) groups excluding carboxylic acids is 3. The third-order valence-corrected chi connectivity index (χ3v) is 4.03. The van der Waals surface area contributed by atoms with Gasteiger partial charge in [-0.1, -0.05) is 0 Å². The van der Waals surface area contributed by atoms with Gasteiger partial charge in [0.2, 0.25) is 11.8 Å². The van der Waals surface area contributed by atoms with E-state index in [9.17, 15) is 27.6 Å². The highest BCUT2D eigenvalue weighted by Crippen LogP contribution is 2.33. The van der Waals surface area contributed by atoms with Gasteiger partial charge in [0.05, 0.1) is 12.1 Å². The largest absolute Gasteiger partial charge is 0.322 e. The Kier molecular flexibility index (Phi) is 3.19. The van der Waals surface area contributed by atoms with Crippen molar-refractivity contribution in [2.75, 3.05) is 0 Å². The van der Waals surface area contributed by atoms with Crippen LogP contribution in [0.15, 0.2) is 0 Å². The van der Waals surface area contributed by atoms with Crippen LogP contribution in [0.1, 0.15) is 34.3 Å². The summed E-state index contributed by atoms with van der Waals surface area (Å²) in [7, 11) is 0. The van der Waals surface area contributed by atoms with Crippen LogP contribution in [-0.4, -0.2) is 28.7 Å². The number of fused-ring (bicyclic) bond motifs is 1. The molecule has 0 radical (unpaired) electrons. The van der Waals surface area contributed by atoms with Gasteiger partial charge in [-0.25, -0.2) is 13.2 Å². The van der Waals surface area contributed by atoms with Crippen molar-refractivity contribution in [1.29, 1.82) is 0 Å². The summed E-state index contributed by atoms with van der Waals surface area (Å²) in [6, 6.07) is -1.00. The monoisotopic (exact) mass is 312 g/mol. The van der Waals surface area contributed by atoms with E-state index in [1.165, 1.54) is 0 Å². The van der Waals surface area contributed by atoms with E-state index in [1.54, 1.807) is 0 Å². The van der Waals surface area contributed by atoms with Crippen molar-refractivity contribution in [2.45, 2.75) is 32.4 Å². The lowest BCUT2D eigenvalue weighted by Crippen LogP contribution is -2.52. The summed E-state index contributed by atoms with van der Waals surface area (Å²) in [5, 5.41) is 2.07. The van der Waals surface area contributed by atoms with Crippen molar-refractivity contribution in [3.63, 3.8) is 0 Å². The van der Waals surface area contributed by atoms with Crippen molar-refractivity contribution in [3.8, 4) is 0 Å². The van der Waals surface area contributed by atoms with Crippen molar-refractivity contribution >= 4 is 17.7 Å². The number of benzene rings is 1. The predicted molar refractivity (Wildman–Crippen MR) is 67.1 cm³/mol. The minimum atomic E-state index is -1.34. The van der Waals surface area contributed by atoms with Gasteiger partial charge in [-0.2, -0.15) is 0 Å². The van der Waals surface area contributed by atoms with E-state index in [0.29, 0.717) is 0 Å². The molecule has 3 rings (SSSR count). The molecule has 1 saturated heterocycles. The lowest BCUT2D eigenvalue weighted by atomic mass is 10.0. The maximum absolute atomic E-state index is 14.1. The topological polar surface area (TPSA) is 66.5 Å². The third kappa shape index (κ3) is 1.90. The average molecular weight is 312 g/mol. The molecule has 0 aromatic heterocycles. The second kappa shape index (κ2) is 4.82. The summed E-state index contributed by atoms with van der Waals surface area (Å²) in [6.07, 6.45) is 0.0873. The number of hydrogen-bond donors (Lipinski definition) is 1. The standard InChI is InChI=1S/C14H11F3N2O3/c1-5-10(15)9-6(12(17)11(5)16)4-19(14(9)22)7-2-3-8(20)18-13(7)21/h7H,2-4H2,1H3,(H,18,20,21)/t7-/m0/s1. The highest BCUT2D eigenvalue weighted by atomic mass is 19.2. The predicted octanol–water partition coefficient (Wildman–Crippen LogP) is 1.17. The van der Waals surface area contributed by atoms with Gasteiger partial charge in [-0.15, -0.1) is 0 Å². The lowest BCUT2D eigenvalue weighted by molar-refractivity contribution is -0.136. The van der Waals surface area contributed by atoms with Crippen LogP contribution in [0.3, 0.4) is 0 Å². The van der Waals surface area contributed by atoms with Gasteiger partial charge >= 0.3 is 0 Å². The van der Waals surface area contributed by atoms with Crippen LogP contribution in [0.25, 0.3) is 0 Å². The van der Waals surface area contributed by atoms with Crippen LogP contribution in [0.4, 0.5) is 13.2 Å². The fraction of sp³-hybridized carbons (Fsp3) is 0.357. The van der Waals surface area contributed by atoms with Gasteiger partial charge in [-0.05, 0) is 13.3 Å². The SMILES string of the molecule is Cc1c(F)c(F)c2c(c1F)C(=O)N([C@H]1CCC(=O)NC1=O)C2. The number of carbonyl (C=O) groups is 3. The van der Waals surface area contributed by atoms with E-state index in [0.717, 1.165) is 11.8 Å². The van der Waals surface area contributed by atoms with E-state index < -0.39 is 64.5 Å². The molecule has 1 aromatic carbocycles. The Hall–Kier alpha value is -2.38. The normalized spacial score (nSPS) is 21.2. The molecule has 1 N–H and O–H groups in total. The maximum Gasteiger partial charge on any atom is 0.258 e. The zero-order valence-electron chi connectivity index (χ0n) is 11.5. The van der Waals surface area contributed by atoms with Crippen molar-refractivity contribution in [3.05, 3.63) is 34.1 Å². The van der Waals surface area contributed by atoms with E-state index in [4.69, 9.17) is 0 Å². The van der Waals surface area contributed by atoms with Crippen molar-refractivity contribution < 1.29 is 27.6 Å². The van der Waals surface area contributed by atoms with Gasteiger partial charge in [0.25, 0.3) is 5.91 Å². The molecular formula is C14H11F3N2O3. The van der Waals surface area contributed by atoms with Gasteiger partial charge in [-0.3, -0.25) is 19.7 Å². The highest BCUT2D eigenvalue weighted by Gasteiger charge is 2.43. The first-order valence-corrected chi connectivity index (χ1v) is 6.63. The van der Waals surface area contributed by atoms with Gasteiger partial charge in [0.15, 0.2) is 11.6 Å². The molecule has 2 heterocycles. The van der Waals surface area contributed by atoms with Crippen LogP contribution in [0.5, 0.6) is 0 Å². The molecule has 0 saturated carbocycles. The molecule has 0 unspecified atom stereocenters. The fourth-order valence-electron chi connectivity index (χ4n) is 2.81. The Labute approximate surface area is 123 Å². The quantitative estimate of drug-likeness (QED) is 0.625. The van der Waals surface area contributed by atoms with Gasteiger partial charge in [0, 0.05) is 17.5 Å².